The highest BCUT2D eigenvalue weighted by Gasteiger charge is 2.44. The lowest BCUT2D eigenvalue weighted by Gasteiger charge is -2.22. The smallest absolute Gasteiger partial charge is 0.254 e. The molecule has 6 nitrogen and oxygen atoms in total. The van der Waals surface area contributed by atoms with Gasteiger partial charge >= 0.3 is 0 Å². The summed E-state index contributed by atoms with van der Waals surface area (Å²) in [6.45, 7) is 2.26. The van der Waals surface area contributed by atoms with Crippen LogP contribution in [0.4, 0.5) is 0 Å². The molecule has 2 heterocycles. The Morgan fingerprint density at radius 1 is 1.63 bits per heavy atom. The van der Waals surface area contributed by atoms with Gasteiger partial charge in [-0.2, -0.15) is 4.31 Å². The number of aromatic nitrogens is 1. The van der Waals surface area contributed by atoms with Gasteiger partial charge in [0.15, 0.2) is 8.68 Å². The number of rotatable bonds is 3. The molecule has 19 heavy (non-hydrogen) atoms. The predicted octanol–water partition coefficient (Wildman–Crippen LogP) is 0.943. The molecule has 1 atom stereocenters. The van der Waals surface area contributed by atoms with E-state index in [1.54, 1.807) is 14.0 Å². The quantitative estimate of drug-likeness (QED) is 0.898. The minimum atomic E-state index is -3.61. The molecule has 1 saturated heterocycles. The first-order chi connectivity index (χ1) is 8.79. The van der Waals surface area contributed by atoms with Gasteiger partial charge < -0.3 is 5.32 Å². The van der Waals surface area contributed by atoms with Crippen molar-refractivity contribution in [3.63, 3.8) is 0 Å². The molecule has 0 radical (unpaired) electrons. The highest BCUT2D eigenvalue weighted by molar-refractivity contribution is 7.91. The van der Waals surface area contributed by atoms with E-state index in [1.165, 1.54) is 10.5 Å². The zero-order chi connectivity index (χ0) is 14.3. The van der Waals surface area contributed by atoms with Crippen LogP contribution in [0.25, 0.3) is 0 Å². The first kappa shape index (κ1) is 14.7. The van der Waals surface area contributed by atoms with Crippen LogP contribution in [0.2, 0.25) is 4.47 Å². The van der Waals surface area contributed by atoms with E-state index in [9.17, 15) is 13.2 Å². The molecule has 106 valence electrons. The Morgan fingerprint density at radius 2 is 2.32 bits per heavy atom. The number of amides is 1. The van der Waals surface area contributed by atoms with E-state index in [4.69, 9.17) is 11.6 Å². The summed E-state index contributed by atoms with van der Waals surface area (Å²) in [5.74, 6) is -0.146. The van der Waals surface area contributed by atoms with E-state index < -0.39 is 15.4 Å². The first-order valence-corrected chi connectivity index (χ1v) is 8.27. The van der Waals surface area contributed by atoms with Crippen LogP contribution < -0.4 is 5.32 Å². The van der Waals surface area contributed by atoms with Crippen LogP contribution in [0, 0.1) is 5.41 Å². The maximum absolute atomic E-state index is 12.4. The molecular weight excluding hydrogens is 310 g/mol. The molecule has 0 aromatic carbocycles. The van der Waals surface area contributed by atoms with E-state index in [0.717, 1.165) is 11.3 Å². The third kappa shape index (κ3) is 2.62. The van der Waals surface area contributed by atoms with Crippen molar-refractivity contribution >= 4 is 38.9 Å². The Hall–Kier alpha value is -0.700. The van der Waals surface area contributed by atoms with Crippen molar-refractivity contribution in [1.29, 1.82) is 0 Å². The Bertz CT molecular complexity index is 601. The van der Waals surface area contributed by atoms with Crippen molar-refractivity contribution < 1.29 is 13.2 Å². The van der Waals surface area contributed by atoms with Crippen LogP contribution in [0.1, 0.15) is 13.3 Å². The fourth-order valence-electron chi connectivity index (χ4n) is 2.10. The van der Waals surface area contributed by atoms with Crippen LogP contribution >= 0.6 is 22.9 Å². The number of carbonyl (C=O) groups excluding carboxylic acids is 1. The first-order valence-electron chi connectivity index (χ1n) is 5.63. The van der Waals surface area contributed by atoms with Gasteiger partial charge in [0.25, 0.3) is 10.0 Å². The van der Waals surface area contributed by atoms with E-state index >= 15 is 0 Å². The second-order valence-electron chi connectivity index (χ2n) is 4.66. The Labute approximate surface area is 120 Å². The lowest BCUT2D eigenvalue weighted by molar-refractivity contribution is -0.128. The highest BCUT2D eigenvalue weighted by Crippen LogP contribution is 2.35. The molecule has 1 aliphatic rings. The number of hydrogen-bond donors (Lipinski definition) is 1. The summed E-state index contributed by atoms with van der Waals surface area (Å²) < 4.78 is 26.3. The van der Waals surface area contributed by atoms with Gasteiger partial charge in [0.2, 0.25) is 5.91 Å². The van der Waals surface area contributed by atoms with Gasteiger partial charge in [-0.1, -0.05) is 22.9 Å². The Kier molecular flexibility index (Phi) is 3.87. The van der Waals surface area contributed by atoms with Crippen molar-refractivity contribution in [3.05, 3.63) is 10.7 Å². The van der Waals surface area contributed by atoms with Crippen LogP contribution in [0.15, 0.2) is 10.4 Å². The fourth-order valence-corrected chi connectivity index (χ4v) is 5.11. The molecule has 0 saturated carbocycles. The van der Waals surface area contributed by atoms with Gasteiger partial charge in [-0.3, -0.25) is 4.79 Å². The standard InChI is InChI=1S/C10H14ClN3O3S2/c1-10(8(15)12-2)3-4-14(6-10)19(16,17)7-5-13-9(11)18-7/h5H,3-4,6H2,1-2H3,(H,12,15). The molecule has 0 spiro atoms. The van der Waals surface area contributed by atoms with Crippen molar-refractivity contribution in [3.8, 4) is 0 Å². The van der Waals surface area contributed by atoms with Gasteiger partial charge in [-0.05, 0) is 13.3 Å². The third-order valence-corrected chi connectivity index (χ3v) is 6.66. The Balaban J connectivity index is 2.24. The van der Waals surface area contributed by atoms with Gasteiger partial charge in [-0.15, -0.1) is 0 Å². The number of carbonyl (C=O) groups is 1. The van der Waals surface area contributed by atoms with Crippen molar-refractivity contribution in [2.75, 3.05) is 20.1 Å². The third-order valence-electron chi connectivity index (χ3n) is 3.26. The molecule has 1 N–H and O–H groups in total. The molecule has 1 aliphatic heterocycles. The normalized spacial score (nSPS) is 24.6. The zero-order valence-electron chi connectivity index (χ0n) is 10.5. The maximum atomic E-state index is 12.4. The van der Waals surface area contributed by atoms with Gasteiger partial charge in [0.05, 0.1) is 11.6 Å². The van der Waals surface area contributed by atoms with Gasteiger partial charge in [-0.25, -0.2) is 13.4 Å². The summed E-state index contributed by atoms with van der Waals surface area (Å²) in [4.78, 5) is 15.5. The number of nitrogens with one attached hydrogen (secondary N) is 1. The molecule has 0 bridgehead atoms. The second-order valence-corrected chi connectivity index (χ2v) is 8.44. The lowest BCUT2D eigenvalue weighted by Crippen LogP contribution is -2.40. The van der Waals surface area contributed by atoms with Crippen LogP contribution in [0.5, 0.6) is 0 Å². The summed E-state index contributed by atoms with van der Waals surface area (Å²) in [6, 6.07) is 0. The summed E-state index contributed by atoms with van der Waals surface area (Å²) in [7, 11) is -2.06. The fraction of sp³-hybridized carbons (Fsp3) is 0.600. The summed E-state index contributed by atoms with van der Waals surface area (Å²) in [5.41, 5.74) is -0.684. The number of halogens is 1. The molecular formula is C10H14ClN3O3S2. The molecule has 1 amide bonds. The minimum absolute atomic E-state index is 0.110. The average Bonchev–Trinajstić information content (AvgIpc) is 2.96. The maximum Gasteiger partial charge on any atom is 0.254 e. The minimum Gasteiger partial charge on any atom is -0.359 e. The average molecular weight is 324 g/mol. The second kappa shape index (κ2) is 5.01. The molecule has 1 aromatic rings. The lowest BCUT2D eigenvalue weighted by atomic mass is 9.89. The van der Waals surface area contributed by atoms with Crippen LogP contribution in [-0.4, -0.2) is 43.8 Å². The van der Waals surface area contributed by atoms with Crippen LogP contribution in [0.3, 0.4) is 0 Å². The van der Waals surface area contributed by atoms with E-state index in [2.05, 4.69) is 10.3 Å². The largest absolute Gasteiger partial charge is 0.359 e. The monoisotopic (exact) mass is 323 g/mol. The van der Waals surface area contributed by atoms with E-state index in [0.29, 0.717) is 13.0 Å². The van der Waals surface area contributed by atoms with E-state index in [1.807, 2.05) is 0 Å². The molecule has 1 fully saturated rings. The molecule has 1 aromatic heterocycles. The predicted molar refractivity (Wildman–Crippen MR) is 72.7 cm³/mol. The zero-order valence-corrected chi connectivity index (χ0v) is 12.9. The van der Waals surface area contributed by atoms with Crippen molar-refractivity contribution in [2.45, 2.75) is 17.6 Å². The molecule has 2 rings (SSSR count). The number of nitrogens with zero attached hydrogens (tertiary/aromatic N) is 2. The summed E-state index contributed by atoms with van der Waals surface area (Å²) in [5, 5.41) is 2.57. The molecule has 0 aliphatic carbocycles. The topological polar surface area (TPSA) is 79.4 Å². The number of hydrogen-bond acceptors (Lipinski definition) is 5. The summed E-state index contributed by atoms with van der Waals surface area (Å²) in [6.07, 6.45) is 1.75. The van der Waals surface area contributed by atoms with Crippen LogP contribution in [-0.2, 0) is 14.8 Å². The highest BCUT2D eigenvalue weighted by atomic mass is 35.5. The summed E-state index contributed by atoms with van der Waals surface area (Å²) >= 11 is 6.58. The van der Waals surface area contributed by atoms with Crippen molar-refractivity contribution in [2.24, 2.45) is 5.41 Å². The number of thiazole rings is 1. The molecule has 9 heteroatoms. The van der Waals surface area contributed by atoms with Gasteiger partial charge in [0.1, 0.15) is 0 Å². The number of sulfonamides is 1. The molecule has 1 unspecified atom stereocenters. The van der Waals surface area contributed by atoms with Crippen molar-refractivity contribution in [1.82, 2.24) is 14.6 Å². The Morgan fingerprint density at radius 3 is 2.84 bits per heavy atom. The SMILES string of the molecule is CNC(=O)C1(C)CCN(S(=O)(=O)c2cnc(Cl)s2)C1. The van der Waals surface area contributed by atoms with Gasteiger partial charge in [0, 0.05) is 20.1 Å². The van der Waals surface area contributed by atoms with E-state index in [-0.39, 0.29) is 21.1 Å².